The third-order valence-electron chi connectivity index (χ3n) is 2.55. The van der Waals surface area contributed by atoms with Gasteiger partial charge in [-0.1, -0.05) is 0 Å². The second-order valence-corrected chi connectivity index (χ2v) is 4.88. The largest absolute Gasteiger partial charge is 0.462 e. The Kier molecular flexibility index (Phi) is 4.85. The fourth-order valence-corrected chi connectivity index (χ4v) is 1.90. The van der Waals surface area contributed by atoms with Crippen molar-refractivity contribution >= 4 is 33.4 Å². The molecule has 1 N–H and O–H groups in total. The second-order valence-electron chi connectivity index (χ2n) is 4.02. The van der Waals surface area contributed by atoms with E-state index < -0.39 is 17.6 Å². The number of carbonyl (C=O) groups excluding carboxylic acids is 1. The van der Waals surface area contributed by atoms with Crippen LogP contribution in [0.2, 0.25) is 0 Å². The fourth-order valence-electron chi connectivity index (χ4n) is 1.56. The maximum Gasteiger partial charge on any atom is 0.339 e. The molecule has 0 aliphatic rings. The van der Waals surface area contributed by atoms with Crippen molar-refractivity contribution in [3.8, 4) is 0 Å². The summed E-state index contributed by atoms with van der Waals surface area (Å²) < 4.78 is 31.7. The minimum atomic E-state index is -0.744. The molecule has 0 unspecified atom stereocenters. The van der Waals surface area contributed by atoms with Crippen LogP contribution in [0.3, 0.4) is 0 Å². The first-order valence-corrected chi connectivity index (χ1v) is 6.85. The van der Waals surface area contributed by atoms with Crippen LogP contribution in [0.4, 0.5) is 20.3 Å². The van der Waals surface area contributed by atoms with E-state index in [9.17, 15) is 13.6 Å². The highest BCUT2D eigenvalue weighted by Crippen LogP contribution is 2.25. The lowest BCUT2D eigenvalue weighted by Gasteiger charge is -2.08. The Labute approximate surface area is 128 Å². The van der Waals surface area contributed by atoms with E-state index in [0.717, 1.165) is 6.07 Å². The Hall–Kier alpha value is -2.02. The molecule has 0 saturated carbocycles. The number of anilines is 2. The zero-order valence-electron chi connectivity index (χ0n) is 11.0. The van der Waals surface area contributed by atoms with E-state index in [4.69, 9.17) is 4.74 Å². The summed E-state index contributed by atoms with van der Waals surface area (Å²) in [6.45, 7) is 1.98. The highest BCUT2D eigenvalue weighted by molar-refractivity contribution is 9.10. The summed E-state index contributed by atoms with van der Waals surface area (Å²) >= 11 is 2.98. The van der Waals surface area contributed by atoms with Gasteiger partial charge in [0.1, 0.15) is 17.5 Å². The molecule has 0 radical (unpaired) electrons. The molecule has 7 heteroatoms. The Morgan fingerprint density at radius 3 is 2.71 bits per heavy atom. The number of esters is 1. The summed E-state index contributed by atoms with van der Waals surface area (Å²) in [5, 5.41) is 2.70. The molecule has 110 valence electrons. The first-order chi connectivity index (χ1) is 10.0. The highest BCUT2D eigenvalue weighted by atomic mass is 79.9. The number of halogens is 3. The molecule has 1 aromatic carbocycles. The van der Waals surface area contributed by atoms with Crippen LogP contribution in [-0.4, -0.2) is 17.6 Å². The zero-order valence-corrected chi connectivity index (χ0v) is 12.6. The number of benzene rings is 1. The summed E-state index contributed by atoms with van der Waals surface area (Å²) in [5.41, 5.74) is 0.364. The molecular weight excluding hydrogens is 346 g/mol. The predicted octanol–water partition coefficient (Wildman–Crippen LogP) is 4.04. The van der Waals surface area contributed by atoms with Crippen LogP contribution in [-0.2, 0) is 4.74 Å². The van der Waals surface area contributed by atoms with Crippen LogP contribution in [0.25, 0.3) is 0 Å². The minimum Gasteiger partial charge on any atom is -0.462 e. The summed E-state index contributed by atoms with van der Waals surface area (Å²) in [7, 11) is 0. The monoisotopic (exact) mass is 356 g/mol. The molecule has 0 fully saturated rings. The van der Waals surface area contributed by atoms with Gasteiger partial charge in [0.25, 0.3) is 0 Å². The molecule has 1 heterocycles. The quantitative estimate of drug-likeness (QED) is 0.663. The average molecular weight is 357 g/mol. The van der Waals surface area contributed by atoms with Crippen LogP contribution >= 0.6 is 15.9 Å². The third kappa shape index (κ3) is 3.75. The van der Waals surface area contributed by atoms with Gasteiger partial charge in [0.2, 0.25) is 0 Å². The second kappa shape index (κ2) is 6.62. The predicted molar refractivity (Wildman–Crippen MR) is 77.5 cm³/mol. The number of nitrogens with one attached hydrogen (secondary N) is 1. The van der Waals surface area contributed by atoms with Crippen LogP contribution in [0.5, 0.6) is 0 Å². The number of aromatic nitrogens is 1. The fraction of sp³-hybridized carbons (Fsp3) is 0.143. The van der Waals surface area contributed by atoms with Crippen molar-refractivity contribution < 1.29 is 18.3 Å². The first kappa shape index (κ1) is 15.4. The lowest BCUT2D eigenvalue weighted by atomic mass is 10.2. The molecule has 0 atom stereocenters. The number of ether oxygens (including phenoxy) is 1. The first-order valence-electron chi connectivity index (χ1n) is 6.06. The molecule has 0 aliphatic carbocycles. The Morgan fingerprint density at radius 1 is 1.33 bits per heavy atom. The Balaban J connectivity index is 2.17. The van der Waals surface area contributed by atoms with Gasteiger partial charge in [-0.05, 0) is 41.1 Å². The van der Waals surface area contributed by atoms with Crippen molar-refractivity contribution in [2.75, 3.05) is 11.9 Å². The summed E-state index contributed by atoms with van der Waals surface area (Å²) in [4.78, 5) is 15.4. The average Bonchev–Trinajstić information content (AvgIpc) is 2.46. The van der Waals surface area contributed by atoms with Gasteiger partial charge in [-0.15, -0.1) is 0 Å². The molecule has 21 heavy (non-hydrogen) atoms. The molecule has 4 nitrogen and oxygen atoms in total. The molecular formula is C14H11BrF2N2O2. The maximum atomic E-state index is 13.6. The van der Waals surface area contributed by atoms with E-state index in [-0.39, 0.29) is 16.8 Å². The molecule has 0 saturated heterocycles. The van der Waals surface area contributed by atoms with E-state index in [2.05, 4.69) is 26.2 Å². The molecule has 2 aromatic rings. The Bertz CT molecular complexity index is 663. The van der Waals surface area contributed by atoms with Crippen LogP contribution in [0.15, 0.2) is 34.9 Å². The van der Waals surface area contributed by atoms with Gasteiger partial charge in [-0.2, -0.15) is 0 Å². The number of hydrogen-bond acceptors (Lipinski definition) is 4. The van der Waals surface area contributed by atoms with Gasteiger partial charge in [0.15, 0.2) is 0 Å². The van der Waals surface area contributed by atoms with Crippen molar-refractivity contribution in [3.05, 3.63) is 52.1 Å². The molecule has 0 amide bonds. The summed E-state index contributed by atoms with van der Waals surface area (Å²) in [5.74, 6) is -1.59. The highest BCUT2D eigenvalue weighted by Gasteiger charge is 2.10. The van der Waals surface area contributed by atoms with E-state index in [0.29, 0.717) is 11.4 Å². The van der Waals surface area contributed by atoms with E-state index in [1.165, 1.54) is 24.4 Å². The topological polar surface area (TPSA) is 51.2 Å². The lowest BCUT2D eigenvalue weighted by Crippen LogP contribution is -2.05. The molecule has 0 aliphatic heterocycles. The van der Waals surface area contributed by atoms with Gasteiger partial charge in [-0.3, -0.25) is 0 Å². The summed E-state index contributed by atoms with van der Waals surface area (Å²) in [6.07, 6.45) is 1.32. The van der Waals surface area contributed by atoms with Crippen LogP contribution in [0, 0.1) is 11.6 Å². The molecule has 1 aromatic heterocycles. The number of carbonyl (C=O) groups is 1. The SMILES string of the molecule is CCOC(=O)c1ccc(Nc2cc(Br)c(F)cc2F)nc1. The van der Waals surface area contributed by atoms with Crippen molar-refractivity contribution in [1.29, 1.82) is 0 Å². The zero-order chi connectivity index (χ0) is 15.4. The van der Waals surface area contributed by atoms with Crippen molar-refractivity contribution in [2.45, 2.75) is 6.92 Å². The smallest absolute Gasteiger partial charge is 0.339 e. The van der Waals surface area contributed by atoms with Gasteiger partial charge in [-0.25, -0.2) is 18.6 Å². The van der Waals surface area contributed by atoms with Crippen molar-refractivity contribution in [1.82, 2.24) is 4.98 Å². The van der Waals surface area contributed by atoms with Gasteiger partial charge < -0.3 is 10.1 Å². The van der Waals surface area contributed by atoms with Crippen LogP contribution in [0.1, 0.15) is 17.3 Å². The van der Waals surface area contributed by atoms with E-state index in [1.54, 1.807) is 6.92 Å². The number of rotatable bonds is 4. The maximum absolute atomic E-state index is 13.6. The lowest BCUT2D eigenvalue weighted by molar-refractivity contribution is 0.0526. The summed E-state index contributed by atoms with van der Waals surface area (Å²) in [6, 6.07) is 5.04. The standard InChI is InChI=1S/C14H11BrF2N2O2/c1-2-21-14(20)8-3-4-13(18-7-8)19-12-5-9(15)10(16)6-11(12)17/h3-7H,2H2,1H3,(H,18,19). The normalized spacial score (nSPS) is 10.3. The van der Waals surface area contributed by atoms with E-state index in [1.807, 2.05) is 0 Å². The van der Waals surface area contributed by atoms with E-state index >= 15 is 0 Å². The minimum absolute atomic E-state index is 0.0691. The molecule has 0 bridgehead atoms. The van der Waals surface area contributed by atoms with Crippen molar-refractivity contribution in [2.24, 2.45) is 0 Å². The number of pyridine rings is 1. The van der Waals surface area contributed by atoms with Crippen LogP contribution < -0.4 is 5.32 Å². The Morgan fingerprint density at radius 2 is 2.10 bits per heavy atom. The molecule has 2 rings (SSSR count). The number of hydrogen-bond donors (Lipinski definition) is 1. The molecule has 0 spiro atoms. The van der Waals surface area contributed by atoms with Gasteiger partial charge in [0, 0.05) is 12.3 Å². The third-order valence-corrected chi connectivity index (χ3v) is 3.16. The van der Waals surface area contributed by atoms with Crippen molar-refractivity contribution in [3.63, 3.8) is 0 Å². The number of nitrogens with zero attached hydrogens (tertiary/aromatic N) is 1. The van der Waals surface area contributed by atoms with Gasteiger partial charge in [0.05, 0.1) is 22.3 Å². The van der Waals surface area contributed by atoms with Gasteiger partial charge >= 0.3 is 5.97 Å².